The largest absolute Gasteiger partial charge is 0.397 e. The second-order valence-corrected chi connectivity index (χ2v) is 2.83. The standard InChI is InChI=1S/C8H19N.C2H6O/c1-3-4-5-6-7-8-9-2;1-2-3/h9H,3-8H2,1-2H3;3H,2H2,1H3. The normalized spacial score (nSPS) is 9.00. The Balaban J connectivity index is 0. The molecule has 0 bridgehead atoms. The Labute approximate surface area is 77.4 Å². The SMILES string of the molecule is CCCCCCCNC.CCO. The zero-order chi connectivity index (χ0) is 9.66. The van der Waals surface area contributed by atoms with E-state index in [2.05, 4.69) is 12.2 Å². The molecule has 0 radical (unpaired) electrons. The van der Waals surface area contributed by atoms with E-state index in [1.165, 1.54) is 38.6 Å². The topological polar surface area (TPSA) is 32.3 Å². The van der Waals surface area contributed by atoms with E-state index in [0.29, 0.717) is 0 Å². The van der Waals surface area contributed by atoms with Crippen molar-refractivity contribution in [2.75, 3.05) is 20.2 Å². The summed E-state index contributed by atoms with van der Waals surface area (Å²) in [5.41, 5.74) is 0. The Kier molecular flexibility index (Phi) is 20.6. The Morgan fingerprint density at radius 1 is 1.00 bits per heavy atom. The van der Waals surface area contributed by atoms with Gasteiger partial charge in [-0.25, -0.2) is 0 Å². The molecule has 0 saturated heterocycles. The third-order valence-electron chi connectivity index (χ3n) is 1.53. The van der Waals surface area contributed by atoms with Gasteiger partial charge in [0.15, 0.2) is 0 Å². The molecule has 0 unspecified atom stereocenters. The summed E-state index contributed by atoms with van der Waals surface area (Å²) in [6.45, 7) is 5.36. The van der Waals surface area contributed by atoms with Crippen molar-refractivity contribution < 1.29 is 5.11 Å². The highest BCUT2D eigenvalue weighted by Crippen LogP contribution is 2.00. The van der Waals surface area contributed by atoms with Crippen LogP contribution in [0.15, 0.2) is 0 Å². The van der Waals surface area contributed by atoms with E-state index in [1.54, 1.807) is 6.92 Å². The van der Waals surface area contributed by atoms with Crippen LogP contribution in [0.2, 0.25) is 0 Å². The molecule has 0 atom stereocenters. The van der Waals surface area contributed by atoms with Gasteiger partial charge >= 0.3 is 0 Å². The zero-order valence-corrected chi connectivity index (χ0v) is 8.90. The molecule has 0 aliphatic rings. The second kappa shape index (κ2) is 17.1. The summed E-state index contributed by atoms with van der Waals surface area (Å²) in [5, 5.41) is 10.7. The lowest BCUT2D eigenvalue weighted by atomic mass is 10.1. The van der Waals surface area contributed by atoms with Gasteiger partial charge < -0.3 is 10.4 Å². The average molecular weight is 175 g/mol. The van der Waals surface area contributed by atoms with E-state index >= 15 is 0 Å². The van der Waals surface area contributed by atoms with Crippen LogP contribution in [0.5, 0.6) is 0 Å². The van der Waals surface area contributed by atoms with Crippen LogP contribution in [0.1, 0.15) is 46.0 Å². The summed E-state index contributed by atoms with van der Waals surface area (Å²) in [6.07, 6.45) is 6.91. The Bertz CT molecular complexity index is 51.8. The quantitative estimate of drug-likeness (QED) is 0.606. The van der Waals surface area contributed by atoms with Crippen molar-refractivity contribution in [2.24, 2.45) is 0 Å². The highest BCUT2D eigenvalue weighted by molar-refractivity contribution is 4.43. The van der Waals surface area contributed by atoms with Gasteiger partial charge in [-0.1, -0.05) is 32.6 Å². The predicted octanol–water partition coefficient (Wildman–Crippen LogP) is 2.17. The molecule has 12 heavy (non-hydrogen) atoms. The van der Waals surface area contributed by atoms with Crippen molar-refractivity contribution in [2.45, 2.75) is 46.0 Å². The van der Waals surface area contributed by atoms with Gasteiger partial charge in [0.25, 0.3) is 0 Å². The highest BCUT2D eigenvalue weighted by Gasteiger charge is 1.85. The molecule has 0 heterocycles. The summed E-state index contributed by atoms with van der Waals surface area (Å²) in [4.78, 5) is 0. The third kappa shape index (κ3) is 22.5. The van der Waals surface area contributed by atoms with Crippen molar-refractivity contribution in [1.29, 1.82) is 0 Å². The molecule has 0 aromatic rings. The first-order valence-electron chi connectivity index (χ1n) is 5.08. The van der Waals surface area contributed by atoms with E-state index in [-0.39, 0.29) is 6.61 Å². The maximum absolute atomic E-state index is 7.57. The lowest BCUT2D eigenvalue weighted by Crippen LogP contribution is -2.06. The molecule has 0 amide bonds. The monoisotopic (exact) mass is 175 g/mol. The van der Waals surface area contributed by atoms with E-state index in [0.717, 1.165) is 0 Å². The van der Waals surface area contributed by atoms with E-state index in [9.17, 15) is 0 Å². The number of aliphatic hydroxyl groups is 1. The number of unbranched alkanes of at least 4 members (excludes halogenated alkanes) is 4. The maximum Gasteiger partial charge on any atom is 0.0402 e. The summed E-state index contributed by atoms with van der Waals surface area (Å²) in [5.74, 6) is 0. The molecule has 0 aromatic carbocycles. The van der Waals surface area contributed by atoms with E-state index in [1.807, 2.05) is 7.05 Å². The minimum Gasteiger partial charge on any atom is -0.397 e. The van der Waals surface area contributed by atoms with Gasteiger partial charge in [0, 0.05) is 6.61 Å². The molecule has 0 rings (SSSR count). The van der Waals surface area contributed by atoms with E-state index < -0.39 is 0 Å². The molecule has 0 fully saturated rings. The number of rotatable bonds is 6. The summed E-state index contributed by atoms with van der Waals surface area (Å²) < 4.78 is 0. The molecule has 0 aromatic heterocycles. The van der Waals surface area contributed by atoms with E-state index in [4.69, 9.17) is 5.11 Å². The molecule has 0 aliphatic heterocycles. The van der Waals surface area contributed by atoms with Gasteiger partial charge in [-0.2, -0.15) is 0 Å². The second-order valence-electron chi connectivity index (χ2n) is 2.83. The molecule has 2 nitrogen and oxygen atoms in total. The molecular weight excluding hydrogens is 150 g/mol. The summed E-state index contributed by atoms with van der Waals surface area (Å²) in [7, 11) is 2.01. The molecule has 76 valence electrons. The fraction of sp³-hybridized carbons (Fsp3) is 1.00. The Morgan fingerprint density at radius 3 is 1.92 bits per heavy atom. The van der Waals surface area contributed by atoms with Crippen molar-refractivity contribution in [3.63, 3.8) is 0 Å². The van der Waals surface area contributed by atoms with Crippen molar-refractivity contribution >= 4 is 0 Å². The minimum absolute atomic E-state index is 0.250. The molecule has 2 heteroatoms. The zero-order valence-electron chi connectivity index (χ0n) is 8.90. The molecule has 0 saturated carbocycles. The van der Waals surface area contributed by atoms with Gasteiger partial charge in [-0.15, -0.1) is 0 Å². The first kappa shape index (κ1) is 14.4. The molecule has 0 spiro atoms. The molecule has 2 N–H and O–H groups in total. The molecule has 0 aliphatic carbocycles. The number of nitrogens with one attached hydrogen (secondary N) is 1. The Hall–Kier alpha value is -0.0800. The first-order valence-corrected chi connectivity index (χ1v) is 5.08. The predicted molar refractivity (Wildman–Crippen MR) is 55.4 cm³/mol. The molecular formula is C10H25NO. The summed E-state index contributed by atoms with van der Waals surface area (Å²) in [6, 6.07) is 0. The lowest BCUT2D eigenvalue weighted by molar-refractivity contribution is 0.318. The summed E-state index contributed by atoms with van der Waals surface area (Å²) >= 11 is 0. The van der Waals surface area contributed by atoms with Crippen molar-refractivity contribution in [3.8, 4) is 0 Å². The van der Waals surface area contributed by atoms with Gasteiger partial charge in [-0.3, -0.25) is 0 Å². The van der Waals surface area contributed by atoms with Crippen LogP contribution < -0.4 is 5.32 Å². The fourth-order valence-corrected chi connectivity index (χ4v) is 0.905. The Morgan fingerprint density at radius 2 is 1.50 bits per heavy atom. The maximum atomic E-state index is 7.57. The third-order valence-corrected chi connectivity index (χ3v) is 1.53. The van der Waals surface area contributed by atoms with Crippen molar-refractivity contribution in [1.82, 2.24) is 5.32 Å². The van der Waals surface area contributed by atoms with Gasteiger partial charge in [0.2, 0.25) is 0 Å². The number of hydrogen-bond acceptors (Lipinski definition) is 2. The van der Waals surface area contributed by atoms with Gasteiger partial charge in [0.05, 0.1) is 0 Å². The number of hydrogen-bond donors (Lipinski definition) is 2. The van der Waals surface area contributed by atoms with Gasteiger partial charge in [-0.05, 0) is 26.9 Å². The van der Waals surface area contributed by atoms with Crippen LogP contribution in [0.25, 0.3) is 0 Å². The first-order chi connectivity index (χ1) is 5.83. The van der Waals surface area contributed by atoms with Crippen LogP contribution in [-0.2, 0) is 0 Å². The van der Waals surface area contributed by atoms with Crippen LogP contribution in [0.4, 0.5) is 0 Å². The van der Waals surface area contributed by atoms with Crippen LogP contribution in [0, 0.1) is 0 Å². The van der Waals surface area contributed by atoms with Crippen LogP contribution >= 0.6 is 0 Å². The van der Waals surface area contributed by atoms with Gasteiger partial charge in [0.1, 0.15) is 0 Å². The fourth-order valence-electron chi connectivity index (χ4n) is 0.905. The number of aliphatic hydroxyl groups excluding tert-OH is 1. The van der Waals surface area contributed by atoms with Crippen LogP contribution in [-0.4, -0.2) is 25.3 Å². The van der Waals surface area contributed by atoms with Crippen LogP contribution in [0.3, 0.4) is 0 Å². The smallest absolute Gasteiger partial charge is 0.0402 e. The minimum atomic E-state index is 0.250. The highest BCUT2D eigenvalue weighted by atomic mass is 16.2. The lowest BCUT2D eigenvalue weighted by Gasteiger charge is -1.97. The average Bonchev–Trinajstić information content (AvgIpc) is 2.06. The van der Waals surface area contributed by atoms with Crippen molar-refractivity contribution in [3.05, 3.63) is 0 Å².